The highest BCUT2D eigenvalue weighted by Gasteiger charge is 2.22. The third-order valence-corrected chi connectivity index (χ3v) is 4.74. The van der Waals surface area contributed by atoms with Gasteiger partial charge in [-0.05, 0) is 59.3 Å². The van der Waals surface area contributed by atoms with Gasteiger partial charge in [-0.2, -0.15) is 0 Å². The second kappa shape index (κ2) is 6.55. The zero-order valence-corrected chi connectivity index (χ0v) is 15.2. The van der Waals surface area contributed by atoms with Crippen LogP contribution in [-0.2, 0) is 0 Å². The molecular formula is C15H10F3IN4S. The predicted molar refractivity (Wildman–Crippen MR) is 96.8 cm³/mol. The van der Waals surface area contributed by atoms with Gasteiger partial charge in [0.15, 0.2) is 22.5 Å². The molecule has 24 heavy (non-hydrogen) atoms. The maximum Gasteiger partial charge on any atom is 0.203 e. The molecule has 0 aliphatic heterocycles. The summed E-state index contributed by atoms with van der Waals surface area (Å²) in [5, 5.41) is 10.6. The van der Waals surface area contributed by atoms with Gasteiger partial charge in [0.1, 0.15) is 0 Å². The van der Waals surface area contributed by atoms with Gasteiger partial charge in [-0.15, -0.1) is 10.2 Å². The van der Waals surface area contributed by atoms with Crippen LogP contribution in [0.2, 0.25) is 0 Å². The first kappa shape index (κ1) is 17.0. The zero-order valence-electron chi connectivity index (χ0n) is 12.2. The van der Waals surface area contributed by atoms with E-state index in [9.17, 15) is 13.2 Å². The van der Waals surface area contributed by atoms with E-state index >= 15 is 0 Å². The maximum absolute atomic E-state index is 14.4. The number of benzene rings is 2. The SMILES string of the molecule is Cc1cc(I)ccc1Nc1c(-c2nnc(N)s2)cc(F)c(F)c1F. The van der Waals surface area contributed by atoms with Crippen LogP contribution < -0.4 is 11.1 Å². The molecule has 1 aromatic heterocycles. The number of hydrogen-bond acceptors (Lipinski definition) is 5. The summed E-state index contributed by atoms with van der Waals surface area (Å²) < 4.78 is 42.7. The summed E-state index contributed by atoms with van der Waals surface area (Å²) in [6.45, 7) is 1.82. The van der Waals surface area contributed by atoms with E-state index < -0.39 is 17.5 Å². The van der Waals surface area contributed by atoms with Crippen LogP contribution in [0.4, 0.5) is 29.7 Å². The number of anilines is 3. The van der Waals surface area contributed by atoms with E-state index in [0.717, 1.165) is 26.5 Å². The van der Waals surface area contributed by atoms with Crippen LogP contribution in [0.15, 0.2) is 24.3 Å². The Hall–Kier alpha value is -1.88. The van der Waals surface area contributed by atoms with Gasteiger partial charge in [0.2, 0.25) is 5.13 Å². The van der Waals surface area contributed by atoms with Crippen molar-refractivity contribution >= 4 is 50.4 Å². The fourth-order valence-corrected chi connectivity index (χ4v) is 3.41. The molecule has 0 spiro atoms. The van der Waals surface area contributed by atoms with Crippen molar-refractivity contribution in [2.75, 3.05) is 11.1 Å². The van der Waals surface area contributed by atoms with Gasteiger partial charge < -0.3 is 11.1 Å². The highest BCUT2D eigenvalue weighted by molar-refractivity contribution is 14.1. The fourth-order valence-electron chi connectivity index (χ4n) is 2.13. The summed E-state index contributed by atoms with van der Waals surface area (Å²) in [4.78, 5) is 0. The number of aryl methyl sites for hydroxylation is 1. The maximum atomic E-state index is 14.4. The summed E-state index contributed by atoms with van der Waals surface area (Å²) in [6.07, 6.45) is 0. The number of nitrogens with one attached hydrogen (secondary N) is 1. The molecule has 3 aromatic rings. The number of halogens is 4. The van der Waals surface area contributed by atoms with E-state index in [1.165, 1.54) is 0 Å². The average Bonchev–Trinajstić information content (AvgIpc) is 2.96. The van der Waals surface area contributed by atoms with Crippen molar-refractivity contribution in [3.05, 3.63) is 50.9 Å². The monoisotopic (exact) mass is 462 g/mol. The van der Waals surface area contributed by atoms with Crippen molar-refractivity contribution < 1.29 is 13.2 Å². The van der Waals surface area contributed by atoms with Gasteiger partial charge >= 0.3 is 0 Å². The molecule has 0 bridgehead atoms. The molecule has 0 atom stereocenters. The normalized spacial score (nSPS) is 10.9. The van der Waals surface area contributed by atoms with E-state index in [1.807, 2.05) is 19.1 Å². The first-order valence-electron chi connectivity index (χ1n) is 6.67. The quantitative estimate of drug-likeness (QED) is 0.431. The number of hydrogen-bond donors (Lipinski definition) is 2. The van der Waals surface area contributed by atoms with E-state index in [2.05, 4.69) is 38.1 Å². The van der Waals surface area contributed by atoms with Gasteiger partial charge in [0.25, 0.3) is 0 Å². The van der Waals surface area contributed by atoms with Gasteiger partial charge in [0.05, 0.1) is 5.69 Å². The predicted octanol–water partition coefficient (Wildman–Crippen LogP) is 4.86. The van der Waals surface area contributed by atoms with E-state index in [4.69, 9.17) is 5.73 Å². The third kappa shape index (κ3) is 3.18. The molecule has 0 saturated carbocycles. The molecule has 4 nitrogen and oxygen atoms in total. The molecule has 0 radical (unpaired) electrons. The van der Waals surface area contributed by atoms with Crippen LogP contribution in [0.1, 0.15) is 5.56 Å². The summed E-state index contributed by atoms with van der Waals surface area (Å²) in [5.41, 5.74) is 6.76. The molecule has 0 unspecified atom stereocenters. The van der Waals surface area contributed by atoms with Crippen LogP contribution in [0, 0.1) is 27.9 Å². The Morgan fingerprint density at radius 1 is 1.12 bits per heavy atom. The van der Waals surface area contributed by atoms with E-state index in [1.54, 1.807) is 6.07 Å². The fraction of sp³-hybridized carbons (Fsp3) is 0.0667. The van der Waals surface area contributed by atoms with Gasteiger partial charge in [-0.3, -0.25) is 0 Å². The first-order chi connectivity index (χ1) is 11.4. The molecule has 3 N–H and O–H groups in total. The molecule has 1 heterocycles. The lowest BCUT2D eigenvalue weighted by Crippen LogP contribution is -2.03. The molecule has 0 amide bonds. The van der Waals surface area contributed by atoms with Crippen molar-refractivity contribution in [2.24, 2.45) is 0 Å². The third-order valence-electron chi connectivity index (χ3n) is 3.28. The van der Waals surface area contributed by atoms with Gasteiger partial charge in [-0.25, -0.2) is 13.2 Å². The highest BCUT2D eigenvalue weighted by atomic mass is 127. The lowest BCUT2D eigenvalue weighted by molar-refractivity contribution is 0.450. The second-order valence-corrected chi connectivity index (χ2v) is 7.19. The minimum Gasteiger partial charge on any atom is -0.374 e. The van der Waals surface area contributed by atoms with E-state index in [0.29, 0.717) is 5.69 Å². The topological polar surface area (TPSA) is 63.8 Å². The average molecular weight is 462 g/mol. The van der Waals surface area contributed by atoms with Crippen molar-refractivity contribution in [1.29, 1.82) is 0 Å². The molecular weight excluding hydrogens is 452 g/mol. The van der Waals surface area contributed by atoms with Crippen LogP contribution in [0.5, 0.6) is 0 Å². The van der Waals surface area contributed by atoms with Crippen molar-refractivity contribution in [3.63, 3.8) is 0 Å². The second-order valence-electron chi connectivity index (χ2n) is 4.94. The molecule has 0 aliphatic rings. The Kier molecular flexibility index (Phi) is 4.63. The summed E-state index contributed by atoms with van der Waals surface area (Å²) >= 11 is 3.10. The Bertz CT molecular complexity index is 929. The largest absolute Gasteiger partial charge is 0.374 e. The Morgan fingerprint density at radius 2 is 1.88 bits per heavy atom. The van der Waals surface area contributed by atoms with Crippen LogP contribution >= 0.6 is 33.9 Å². The van der Waals surface area contributed by atoms with Crippen LogP contribution in [-0.4, -0.2) is 10.2 Å². The molecule has 2 aromatic carbocycles. The molecule has 0 saturated heterocycles. The summed E-state index contributed by atoms with van der Waals surface area (Å²) in [7, 11) is 0. The van der Waals surface area contributed by atoms with Crippen LogP contribution in [0.3, 0.4) is 0 Å². The summed E-state index contributed by atoms with van der Waals surface area (Å²) in [6, 6.07) is 6.30. The Labute approximate surface area is 153 Å². The molecule has 124 valence electrons. The standard InChI is InChI=1S/C15H10F3IN4S/c1-6-4-7(19)2-3-10(6)21-13-8(14-22-23-15(20)24-14)5-9(16)11(17)12(13)18/h2-5,21H,1H3,(H2,20,23). The van der Waals surface area contributed by atoms with Gasteiger partial charge in [-0.1, -0.05) is 11.3 Å². The highest BCUT2D eigenvalue weighted by Crippen LogP contribution is 2.37. The minimum absolute atomic E-state index is 0.0542. The number of aromatic nitrogens is 2. The number of rotatable bonds is 3. The smallest absolute Gasteiger partial charge is 0.203 e. The first-order valence-corrected chi connectivity index (χ1v) is 8.56. The lowest BCUT2D eigenvalue weighted by Gasteiger charge is -2.14. The Morgan fingerprint density at radius 3 is 2.50 bits per heavy atom. The van der Waals surface area contributed by atoms with Crippen molar-refractivity contribution in [3.8, 4) is 10.6 Å². The molecule has 0 fully saturated rings. The molecule has 0 aliphatic carbocycles. The molecule has 9 heteroatoms. The number of nitrogen functional groups attached to an aromatic ring is 1. The summed E-state index contributed by atoms with van der Waals surface area (Å²) in [5.74, 6) is -4.18. The van der Waals surface area contributed by atoms with Crippen molar-refractivity contribution in [2.45, 2.75) is 6.92 Å². The number of nitrogens with two attached hydrogens (primary N) is 1. The zero-order chi connectivity index (χ0) is 17.4. The minimum atomic E-state index is -1.55. The Balaban J connectivity index is 2.16. The lowest BCUT2D eigenvalue weighted by atomic mass is 10.1. The van der Waals surface area contributed by atoms with E-state index in [-0.39, 0.29) is 21.4 Å². The van der Waals surface area contributed by atoms with Crippen LogP contribution in [0.25, 0.3) is 10.6 Å². The molecule has 3 rings (SSSR count). The number of nitrogens with zero attached hydrogens (tertiary/aromatic N) is 2. The van der Waals surface area contributed by atoms with Crippen molar-refractivity contribution in [1.82, 2.24) is 10.2 Å². The van der Waals surface area contributed by atoms with Gasteiger partial charge in [0, 0.05) is 14.8 Å².